The lowest BCUT2D eigenvalue weighted by atomic mass is 9.93. The Labute approximate surface area is 184 Å². The number of imide groups is 1. The summed E-state index contributed by atoms with van der Waals surface area (Å²) in [5.74, 6) is -0.264. The normalized spacial score (nSPS) is 24.8. The first kappa shape index (κ1) is 22.8. The Bertz CT molecular complexity index is 950. The van der Waals surface area contributed by atoms with E-state index in [0.717, 1.165) is 12.8 Å². The monoisotopic (exact) mass is 447 g/mol. The van der Waals surface area contributed by atoms with Crippen LogP contribution >= 0.6 is 11.6 Å². The maximum Gasteiger partial charge on any atom is 0.332 e. The van der Waals surface area contributed by atoms with E-state index in [0.29, 0.717) is 23.2 Å². The summed E-state index contributed by atoms with van der Waals surface area (Å²) >= 11 is 6.32. The molecule has 1 aromatic carbocycles. The zero-order valence-electron chi connectivity index (χ0n) is 18.8. The predicted molar refractivity (Wildman–Crippen MR) is 120 cm³/mol. The molecule has 8 heteroatoms. The number of benzene rings is 1. The van der Waals surface area contributed by atoms with Crippen molar-refractivity contribution in [3.8, 4) is 6.07 Å². The molecular weight excluding hydrogens is 418 g/mol. The number of anilines is 1. The Morgan fingerprint density at radius 1 is 1.30 bits per heavy atom. The van der Waals surface area contributed by atoms with E-state index < -0.39 is 13.9 Å². The van der Waals surface area contributed by atoms with Crippen LogP contribution in [0.3, 0.4) is 0 Å². The van der Waals surface area contributed by atoms with Gasteiger partial charge >= 0.3 is 6.03 Å². The van der Waals surface area contributed by atoms with Crippen molar-refractivity contribution in [3.63, 3.8) is 0 Å². The summed E-state index contributed by atoms with van der Waals surface area (Å²) in [6, 6.07) is 4.83. The molecule has 2 aliphatic rings. The van der Waals surface area contributed by atoms with E-state index >= 15 is 0 Å². The van der Waals surface area contributed by atoms with Crippen molar-refractivity contribution in [2.75, 3.05) is 11.9 Å². The Morgan fingerprint density at radius 3 is 2.50 bits per heavy atom. The number of likely N-dealkylation sites (N-methyl/N-ethyl adjacent to an activating group) is 1. The molecule has 0 bridgehead atoms. The molecule has 3 rings (SSSR count). The van der Waals surface area contributed by atoms with Crippen LogP contribution in [-0.4, -0.2) is 43.8 Å². The van der Waals surface area contributed by atoms with Gasteiger partial charge in [0.2, 0.25) is 0 Å². The van der Waals surface area contributed by atoms with Gasteiger partial charge in [0.25, 0.3) is 5.91 Å². The number of carbonyl (C=O) groups is 2. The van der Waals surface area contributed by atoms with E-state index in [4.69, 9.17) is 16.0 Å². The van der Waals surface area contributed by atoms with Crippen molar-refractivity contribution >= 4 is 37.5 Å². The van der Waals surface area contributed by atoms with Crippen molar-refractivity contribution in [1.29, 1.82) is 5.26 Å². The van der Waals surface area contributed by atoms with Crippen LogP contribution in [0.2, 0.25) is 23.2 Å². The van der Waals surface area contributed by atoms with Crippen molar-refractivity contribution in [3.05, 3.63) is 28.3 Å². The second-order valence-corrected chi connectivity index (χ2v) is 15.0. The molecule has 1 aromatic rings. The van der Waals surface area contributed by atoms with Crippen LogP contribution in [0.15, 0.2) is 12.1 Å². The van der Waals surface area contributed by atoms with Crippen LogP contribution in [0.1, 0.15) is 51.2 Å². The van der Waals surface area contributed by atoms with Gasteiger partial charge in [-0.3, -0.25) is 4.79 Å². The third-order valence-corrected chi connectivity index (χ3v) is 12.1. The predicted octanol–water partition coefficient (Wildman–Crippen LogP) is 5.23. The first-order chi connectivity index (χ1) is 13.8. The minimum Gasteiger partial charge on any atom is -0.411 e. The van der Waals surface area contributed by atoms with Crippen LogP contribution in [0.25, 0.3) is 0 Å². The number of nitrogens with zero attached hydrogens (tertiary/aromatic N) is 3. The Kier molecular flexibility index (Phi) is 5.60. The number of hydrogen-bond acceptors (Lipinski definition) is 4. The molecule has 0 aromatic heterocycles. The van der Waals surface area contributed by atoms with Crippen LogP contribution in [-0.2, 0) is 9.22 Å². The molecule has 1 saturated heterocycles. The smallest absolute Gasteiger partial charge is 0.332 e. The molecule has 0 radical (unpaired) electrons. The molecule has 2 unspecified atom stereocenters. The van der Waals surface area contributed by atoms with Gasteiger partial charge in [-0.2, -0.15) is 5.26 Å². The van der Waals surface area contributed by atoms with E-state index in [1.807, 2.05) is 6.07 Å². The first-order valence-electron chi connectivity index (χ1n) is 10.3. The summed E-state index contributed by atoms with van der Waals surface area (Å²) in [5, 5.41) is 9.48. The Morgan fingerprint density at radius 2 is 1.93 bits per heavy atom. The van der Waals surface area contributed by atoms with Gasteiger partial charge in [0.05, 0.1) is 22.4 Å². The van der Waals surface area contributed by atoms with Crippen LogP contribution in [0.5, 0.6) is 0 Å². The van der Waals surface area contributed by atoms with Crippen LogP contribution < -0.4 is 4.90 Å². The van der Waals surface area contributed by atoms with Crippen molar-refractivity contribution in [1.82, 2.24) is 4.90 Å². The molecule has 1 heterocycles. The molecule has 6 nitrogen and oxygen atoms in total. The van der Waals surface area contributed by atoms with E-state index in [9.17, 15) is 14.9 Å². The van der Waals surface area contributed by atoms with Gasteiger partial charge in [-0.1, -0.05) is 32.4 Å². The van der Waals surface area contributed by atoms with E-state index in [-0.39, 0.29) is 28.1 Å². The van der Waals surface area contributed by atoms with E-state index in [1.54, 1.807) is 31.0 Å². The number of hydrogen-bond donors (Lipinski definition) is 0. The highest BCUT2D eigenvalue weighted by molar-refractivity contribution is 6.74. The summed E-state index contributed by atoms with van der Waals surface area (Å²) in [6.45, 7) is 12.6. The van der Waals surface area contributed by atoms with Gasteiger partial charge in [0.15, 0.2) is 8.32 Å². The van der Waals surface area contributed by atoms with Crippen LogP contribution in [0, 0.1) is 18.3 Å². The minimum absolute atomic E-state index is 0.00205. The maximum absolute atomic E-state index is 13.8. The molecule has 1 spiro atoms. The first-order valence-corrected chi connectivity index (χ1v) is 13.6. The molecule has 1 saturated carbocycles. The van der Waals surface area contributed by atoms with Gasteiger partial charge in [-0.15, -0.1) is 0 Å². The molecule has 30 heavy (non-hydrogen) atoms. The van der Waals surface area contributed by atoms with Crippen molar-refractivity contribution in [2.24, 2.45) is 0 Å². The fourth-order valence-corrected chi connectivity index (χ4v) is 5.81. The Hall–Kier alpha value is -1.88. The van der Waals surface area contributed by atoms with Gasteiger partial charge in [0.1, 0.15) is 11.6 Å². The lowest BCUT2D eigenvalue weighted by Crippen LogP contribution is -2.58. The number of urea groups is 1. The highest BCUT2D eigenvalue weighted by Crippen LogP contribution is 2.48. The number of nitriles is 1. The quantitative estimate of drug-likeness (QED) is 0.469. The summed E-state index contributed by atoms with van der Waals surface area (Å²) in [7, 11) is -0.455. The summed E-state index contributed by atoms with van der Waals surface area (Å²) in [6.07, 6.45) is 1.81. The minimum atomic E-state index is -2.14. The second-order valence-electron chi connectivity index (χ2n) is 9.85. The van der Waals surface area contributed by atoms with E-state index in [1.165, 1.54) is 4.90 Å². The molecule has 2 fully saturated rings. The lowest BCUT2D eigenvalue weighted by Gasteiger charge is -2.43. The fourth-order valence-electron chi connectivity index (χ4n) is 4.23. The summed E-state index contributed by atoms with van der Waals surface area (Å²) < 4.78 is 6.69. The average Bonchev–Trinajstić information content (AvgIpc) is 3.14. The summed E-state index contributed by atoms with van der Waals surface area (Å²) in [4.78, 5) is 29.9. The fraction of sp³-hybridized carbons (Fsp3) is 0.591. The number of rotatable bonds is 3. The van der Waals surface area contributed by atoms with Gasteiger partial charge < -0.3 is 9.33 Å². The lowest BCUT2D eigenvalue weighted by molar-refractivity contribution is -0.128. The standard InChI is InChI=1S/C22H30ClN3O3Si/c1-14-16(11-10-15(13-24)18(14)23)26-19(27)22(25(5)20(26)28)12-8-9-17(22)29-30(6,7)21(2,3)4/h10-11,17H,8-9,12H2,1-7H3. The average molecular weight is 448 g/mol. The molecule has 3 amide bonds. The number of carbonyl (C=O) groups excluding carboxylic acids is 2. The van der Waals surface area contributed by atoms with E-state index in [2.05, 4.69) is 33.9 Å². The zero-order valence-corrected chi connectivity index (χ0v) is 20.6. The SMILES string of the molecule is Cc1c(N2C(=O)N(C)C3(CCCC3O[Si](C)(C)C(C)(C)C)C2=O)ccc(C#N)c1Cl. The second kappa shape index (κ2) is 7.36. The third-order valence-electron chi connectivity index (χ3n) is 7.17. The highest BCUT2D eigenvalue weighted by atomic mass is 35.5. The molecule has 162 valence electrons. The Balaban J connectivity index is 2.05. The number of halogens is 1. The van der Waals surface area contributed by atoms with Crippen molar-refractivity contribution < 1.29 is 14.0 Å². The largest absolute Gasteiger partial charge is 0.411 e. The molecule has 1 aliphatic carbocycles. The number of amides is 3. The molecule has 2 atom stereocenters. The maximum atomic E-state index is 13.8. The van der Waals surface area contributed by atoms with Gasteiger partial charge in [-0.05, 0) is 62.0 Å². The van der Waals surface area contributed by atoms with Gasteiger partial charge in [-0.25, -0.2) is 9.69 Å². The molecule has 0 N–H and O–H groups in total. The zero-order chi connectivity index (χ0) is 22.6. The van der Waals surface area contributed by atoms with Gasteiger partial charge in [0, 0.05) is 7.05 Å². The highest BCUT2D eigenvalue weighted by Gasteiger charge is 2.64. The molecular formula is C22H30ClN3O3Si. The van der Waals surface area contributed by atoms with Crippen molar-refractivity contribution in [2.45, 2.75) is 76.7 Å². The topological polar surface area (TPSA) is 73.6 Å². The summed E-state index contributed by atoms with van der Waals surface area (Å²) in [5.41, 5.74) is 0.290. The third kappa shape index (κ3) is 3.17. The molecule has 1 aliphatic heterocycles. The van der Waals surface area contributed by atoms with Crippen LogP contribution in [0.4, 0.5) is 10.5 Å².